The van der Waals surface area contributed by atoms with Crippen molar-refractivity contribution in [3.63, 3.8) is 0 Å². The zero-order chi connectivity index (χ0) is 13.0. The van der Waals surface area contributed by atoms with Crippen LogP contribution in [0.2, 0.25) is 0 Å². The molecule has 98 valence electrons. The Morgan fingerprint density at radius 1 is 1.28 bits per heavy atom. The van der Waals surface area contributed by atoms with Gasteiger partial charge in [0.1, 0.15) is 0 Å². The number of rotatable bonds is 4. The Morgan fingerprint density at radius 3 is 2.44 bits per heavy atom. The van der Waals surface area contributed by atoms with Crippen molar-refractivity contribution >= 4 is 5.91 Å². The number of hydrogen-bond acceptors (Lipinski definition) is 2. The molecule has 3 nitrogen and oxygen atoms in total. The molecule has 0 bridgehead atoms. The van der Waals surface area contributed by atoms with E-state index >= 15 is 0 Å². The first-order valence-electron chi connectivity index (χ1n) is 6.69. The van der Waals surface area contributed by atoms with Crippen LogP contribution in [0, 0.1) is 0 Å². The fourth-order valence-electron chi connectivity index (χ4n) is 2.56. The summed E-state index contributed by atoms with van der Waals surface area (Å²) in [5, 5.41) is 0. The molecule has 0 radical (unpaired) electrons. The molecule has 1 amide bonds. The molecule has 2 rings (SSSR count). The molecule has 0 spiro atoms. The highest BCUT2D eigenvalue weighted by Gasteiger charge is 2.23. The van der Waals surface area contributed by atoms with Crippen LogP contribution in [0.3, 0.4) is 0 Å². The molecule has 1 aliphatic rings. The van der Waals surface area contributed by atoms with Crippen molar-refractivity contribution in [1.29, 1.82) is 0 Å². The predicted molar refractivity (Wildman–Crippen MR) is 73.3 cm³/mol. The third kappa shape index (κ3) is 3.10. The standard InChI is InChI=1S/C15H22N2O/c1-13(18)16(2)15(12-17-10-6-7-11-17)14-8-4-3-5-9-14/h3-5,8-9,15H,6-7,10-12H2,1-2H3. The lowest BCUT2D eigenvalue weighted by Crippen LogP contribution is -2.37. The van der Waals surface area contributed by atoms with Crippen molar-refractivity contribution in [2.75, 3.05) is 26.7 Å². The van der Waals surface area contributed by atoms with Crippen molar-refractivity contribution in [2.24, 2.45) is 0 Å². The predicted octanol–water partition coefficient (Wildman–Crippen LogP) is 2.30. The van der Waals surface area contributed by atoms with Gasteiger partial charge in [0.05, 0.1) is 6.04 Å². The lowest BCUT2D eigenvalue weighted by Gasteiger charge is -2.31. The van der Waals surface area contributed by atoms with Crippen LogP contribution in [0.5, 0.6) is 0 Å². The molecule has 1 aromatic rings. The highest BCUT2D eigenvalue weighted by Crippen LogP contribution is 2.22. The van der Waals surface area contributed by atoms with E-state index in [1.807, 2.05) is 30.1 Å². The zero-order valence-electron chi connectivity index (χ0n) is 11.3. The van der Waals surface area contributed by atoms with E-state index in [-0.39, 0.29) is 11.9 Å². The normalized spacial score (nSPS) is 17.7. The minimum absolute atomic E-state index is 0.128. The van der Waals surface area contributed by atoms with Gasteiger partial charge in [-0.15, -0.1) is 0 Å². The summed E-state index contributed by atoms with van der Waals surface area (Å²) in [7, 11) is 1.90. The van der Waals surface area contributed by atoms with Crippen molar-refractivity contribution < 1.29 is 4.79 Å². The lowest BCUT2D eigenvalue weighted by atomic mass is 10.1. The molecule has 0 aliphatic carbocycles. The Morgan fingerprint density at radius 2 is 1.89 bits per heavy atom. The minimum atomic E-state index is 0.128. The van der Waals surface area contributed by atoms with Crippen molar-refractivity contribution in [3.8, 4) is 0 Å². The lowest BCUT2D eigenvalue weighted by molar-refractivity contribution is -0.130. The first-order valence-corrected chi connectivity index (χ1v) is 6.69. The topological polar surface area (TPSA) is 23.6 Å². The summed E-state index contributed by atoms with van der Waals surface area (Å²) in [6, 6.07) is 10.5. The third-order valence-electron chi connectivity index (χ3n) is 3.78. The molecule has 1 aromatic carbocycles. The summed E-state index contributed by atoms with van der Waals surface area (Å²) < 4.78 is 0. The maximum atomic E-state index is 11.6. The Hall–Kier alpha value is -1.35. The molecule has 1 fully saturated rings. The van der Waals surface area contributed by atoms with E-state index in [4.69, 9.17) is 0 Å². The van der Waals surface area contributed by atoms with E-state index in [9.17, 15) is 4.79 Å². The monoisotopic (exact) mass is 246 g/mol. The van der Waals surface area contributed by atoms with E-state index in [1.165, 1.54) is 18.4 Å². The molecule has 18 heavy (non-hydrogen) atoms. The summed E-state index contributed by atoms with van der Waals surface area (Å²) in [6.07, 6.45) is 2.57. The van der Waals surface area contributed by atoms with Gasteiger partial charge in [-0.3, -0.25) is 4.79 Å². The van der Waals surface area contributed by atoms with Crippen molar-refractivity contribution in [1.82, 2.24) is 9.80 Å². The van der Waals surface area contributed by atoms with Crippen LogP contribution in [0.1, 0.15) is 31.4 Å². The molecule has 0 N–H and O–H groups in total. The fraction of sp³-hybridized carbons (Fsp3) is 0.533. The van der Waals surface area contributed by atoms with Crippen LogP contribution in [0.25, 0.3) is 0 Å². The van der Waals surface area contributed by atoms with Crippen LogP contribution in [0.15, 0.2) is 30.3 Å². The highest BCUT2D eigenvalue weighted by atomic mass is 16.2. The Bertz CT molecular complexity index is 385. The highest BCUT2D eigenvalue weighted by molar-refractivity contribution is 5.73. The average molecular weight is 246 g/mol. The third-order valence-corrected chi connectivity index (χ3v) is 3.78. The summed E-state index contributed by atoms with van der Waals surface area (Å²) in [4.78, 5) is 15.9. The van der Waals surface area contributed by atoms with Gasteiger partial charge in [0, 0.05) is 20.5 Å². The molecule has 1 aliphatic heterocycles. The Balaban J connectivity index is 2.14. The number of carbonyl (C=O) groups is 1. The van der Waals surface area contributed by atoms with Crippen LogP contribution >= 0.6 is 0 Å². The molecule has 1 atom stereocenters. The summed E-state index contributed by atoms with van der Waals surface area (Å²) >= 11 is 0. The summed E-state index contributed by atoms with van der Waals surface area (Å²) in [5.74, 6) is 0.128. The molecule has 0 aromatic heterocycles. The van der Waals surface area contributed by atoms with Gasteiger partial charge in [0.15, 0.2) is 0 Å². The van der Waals surface area contributed by atoms with Gasteiger partial charge in [0.25, 0.3) is 0 Å². The largest absolute Gasteiger partial charge is 0.338 e. The van der Waals surface area contributed by atoms with Gasteiger partial charge in [-0.25, -0.2) is 0 Å². The van der Waals surface area contributed by atoms with Crippen LogP contribution in [-0.4, -0.2) is 42.4 Å². The SMILES string of the molecule is CC(=O)N(C)C(CN1CCCC1)c1ccccc1. The van der Waals surface area contributed by atoms with E-state index in [2.05, 4.69) is 17.0 Å². The summed E-state index contributed by atoms with van der Waals surface area (Å²) in [5.41, 5.74) is 1.22. The molecule has 3 heteroatoms. The minimum Gasteiger partial charge on any atom is -0.338 e. The van der Waals surface area contributed by atoms with Gasteiger partial charge in [-0.2, -0.15) is 0 Å². The zero-order valence-corrected chi connectivity index (χ0v) is 11.3. The van der Waals surface area contributed by atoms with Crippen LogP contribution in [0.4, 0.5) is 0 Å². The Kier molecular flexibility index (Phi) is 4.37. The number of likely N-dealkylation sites (N-methyl/N-ethyl adjacent to an activating group) is 1. The molecule has 1 saturated heterocycles. The number of benzene rings is 1. The van der Waals surface area contributed by atoms with Gasteiger partial charge < -0.3 is 9.80 Å². The van der Waals surface area contributed by atoms with Gasteiger partial charge in [-0.1, -0.05) is 30.3 Å². The molecular formula is C15H22N2O. The van der Waals surface area contributed by atoms with E-state index in [0.717, 1.165) is 19.6 Å². The maximum absolute atomic E-state index is 11.6. The molecule has 0 saturated carbocycles. The molecular weight excluding hydrogens is 224 g/mol. The number of likely N-dealkylation sites (tertiary alicyclic amines) is 1. The fourth-order valence-corrected chi connectivity index (χ4v) is 2.56. The van der Waals surface area contributed by atoms with E-state index < -0.39 is 0 Å². The second kappa shape index (κ2) is 6.01. The van der Waals surface area contributed by atoms with Gasteiger partial charge >= 0.3 is 0 Å². The van der Waals surface area contributed by atoms with Crippen molar-refractivity contribution in [2.45, 2.75) is 25.8 Å². The van der Waals surface area contributed by atoms with Crippen molar-refractivity contribution in [3.05, 3.63) is 35.9 Å². The summed E-state index contributed by atoms with van der Waals surface area (Å²) in [6.45, 7) is 4.91. The van der Waals surface area contributed by atoms with Crippen LogP contribution < -0.4 is 0 Å². The molecule has 1 heterocycles. The maximum Gasteiger partial charge on any atom is 0.219 e. The van der Waals surface area contributed by atoms with E-state index in [0.29, 0.717) is 0 Å². The average Bonchev–Trinajstić information content (AvgIpc) is 2.89. The first kappa shape index (κ1) is 13.1. The number of amides is 1. The van der Waals surface area contributed by atoms with Gasteiger partial charge in [-0.05, 0) is 31.5 Å². The second-order valence-electron chi connectivity index (χ2n) is 5.06. The quantitative estimate of drug-likeness (QED) is 0.814. The Labute approximate surface area is 109 Å². The number of hydrogen-bond donors (Lipinski definition) is 0. The second-order valence-corrected chi connectivity index (χ2v) is 5.06. The van der Waals surface area contributed by atoms with Gasteiger partial charge in [0.2, 0.25) is 5.91 Å². The smallest absolute Gasteiger partial charge is 0.219 e. The van der Waals surface area contributed by atoms with Crippen LogP contribution in [-0.2, 0) is 4.79 Å². The number of carbonyl (C=O) groups excluding carboxylic acids is 1. The first-order chi connectivity index (χ1) is 8.68. The van der Waals surface area contributed by atoms with E-state index in [1.54, 1.807) is 6.92 Å². The number of nitrogens with zero attached hydrogens (tertiary/aromatic N) is 2. The molecule has 1 unspecified atom stereocenters.